The monoisotopic (exact) mass is 172 g/mol. The first kappa shape index (κ1) is 11.6. The Morgan fingerprint density at radius 2 is 1.67 bits per heavy atom. The lowest BCUT2D eigenvalue weighted by molar-refractivity contribution is -0.129. The van der Waals surface area contributed by atoms with Gasteiger partial charge >= 0.3 is 0 Å². The van der Waals surface area contributed by atoms with Crippen molar-refractivity contribution in [3.05, 3.63) is 0 Å². The second kappa shape index (κ2) is 5.31. The molecule has 12 heavy (non-hydrogen) atoms. The predicted octanol–water partition coefficient (Wildman–Crippen LogP) is 2.27. The van der Waals surface area contributed by atoms with Crippen LogP contribution in [-0.2, 0) is 9.53 Å². The Bertz CT molecular complexity index is 139. The van der Waals surface area contributed by atoms with Crippen LogP contribution in [0.25, 0.3) is 0 Å². The maximum atomic E-state index is 11.1. The third kappa shape index (κ3) is 4.50. The zero-order valence-corrected chi connectivity index (χ0v) is 8.76. The number of Topliss-reactive ketones (excluding diaryl/α,β-unsaturated/α-hetero) is 1. The van der Waals surface area contributed by atoms with E-state index in [0.29, 0.717) is 5.92 Å². The number of hydrogen-bond donors (Lipinski definition) is 0. The first-order valence-electron chi connectivity index (χ1n) is 4.59. The van der Waals surface area contributed by atoms with Gasteiger partial charge in [0, 0.05) is 5.92 Å². The molecule has 0 bridgehead atoms. The van der Waals surface area contributed by atoms with Crippen LogP contribution in [0.15, 0.2) is 0 Å². The Morgan fingerprint density at radius 3 is 2.00 bits per heavy atom. The van der Waals surface area contributed by atoms with E-state index in [4.69, 9.17) is 4.74 Å². The molecule has 72 valence electrons. The minimum atomic E-state index is 0.0874. The van der Waals surface area contributed by atoms with Crippen LogP contribution in [0.2, 0.25) is 0 Å². The van der Waals surface area contributed by atoms with Gasteiger partial charge in [-0.25, -0.2) is 0 Å². The predicted molar refractivity (Wildman–Crippen MR) is 50.1 cm³/mol. The molecule has 0 heterocycles. The molecule has 0 fully saturated rings. The summed E-state index contributed by atoms with van der Waals surface area (Å²) in [7, 11) is 0. The Labute approximate surface area is 75.3 Å². The second-order valence-electron chi connectivity index (χ2n) is 3.88. The highest BCUT2D eigenvalue weighted by Gasteiger charge is 2.11. The Balaban J connectivity index is 3.61. The van der Waals surface area contributed by atoms with E-state index in [9.17, 15) is 4.79 Å². The minimum absolute atomic E-state index is 0.0874. The molecular formula is C10H20O2. The standard InChI is InChI=1S/C10H20O2/c1-7(2)9(5)12-6-10(11)8(3)4/h7-9H,6H2,1-5H3/t9-/m1/s1. The number of carbonyl (C=O) groups is 1. The van der Waals surface area contributed by atoms with E-state index >= 15 is 0 Å². The van der Waals surface area contributed by atoms with Crippen molar-refractivity contribution >= 4 is 5.78 Å². The number of carbonyl (C=O) groups excluding carboxylic acids is 1. The van der Waals surface area contributed by atoms with E-state index in [1.165, 1.54) is 0 Å². The molecule has 2 nitrogen and oxygen atoms in total. The largest absolute Gasteiger partial charge is 0.370 e. The molecule has 0 aliphatic heterocycles. The van der Waals surface area contributed by atoms with Crippen molar-refractivity contribution in [2.45, 2.75) is 40.7 Å². The summed E-state index contributed by atoms with van der Waals surface area (Å²) in [6.45, 7) is 10.2. The van der Waals surface area contributed by atoms with Crippen molar-refractivity contribution < 1.29 is 9.53 Å². The average Bonchev–Trinajstić information content (AvgIpc) is 1.98. The smallest absolute Gasteiger partial charge is 0.160 e. The summed E-state index contributed by atoms with van der Waals surface area (Å²) >= 11 is 0. The van der Waals surface area contributed by atoms with Gasteiger partial charge in [-0.3, -0.25) is 4.79 Å². The van der Waals surface area contributed by atoms with Crippen molar-refractivity contribution in [2.24, 2.45) is 11.8 Å². The summed E-state index contributed by atoms with van der Waals surface area (Å²) in [6, 6.07) is 0. The molecule has 0 aromatic carbocycles. The summed E-state index contributed by atoms with van der Waals surface area (Å²) in [5, 5.41) is 0. The van der Waals surface area contributed by atoms with Crippen molar-refractivity contribution in [3.63, 3.8) is 0 Å². The van der Waals surface area contributed by atoms with E-state index < -0.39 is 0 Å². The van der Waals surface area contributed by atoms with Gasteiger partial charge in [0.25, 0.3) is 0 Å². The molecule has 0 spiro atoms. The third-order valence-corrected chi connectivity index (χ3v) is 2.07. The van der Waals surface area contributed by atoms with Crippen molar-refractivity contribution in [1.29, 1.82) is 0 Å². The van der Waals surface area contributed by atoms with Crippen LogP contribution in [0.4, 0.5) is 0 Å². The lowest BCUT2D eigenvalue weighted by atomic mass is 10.1. The molecule has 0 aromatic heterocycles. The minimum Gasteiger partial charge on any atom is -0.370 e. The molecule has 0 saturated carbocycles. The van der Waals surface area contributed by atoms with Gasteiger partial charge in [-0.15, -0.1) is 0 Å². The molecule has 0 amide bonds. The number of rotatable bonds is 5. The Morgan fingerprint density at radius 1 is 1.17 bits per heavy atom. The van der Waals surface area contributed by atoms with Crippen LogP contribution >= 0.6 is 0 Å². The van der Waals surface area contributed by atoms with Gasteiger partial charge in [0.2, 0.25) is 0 Å². The topological polar surface area (TPSA) is 26.3 Å². The lowest BCUT2D eigenvalue weighted by Crippen LogP contribution is -2.22. The fraction of sp³-hybridized carbons (Fsp3) is 0.900. The SMILES string of the molecule is CC(C)C(=O)CO[C@H](C)C(C)C. The highest BCUT2D eigenvalue weighted by atomic mass is 16.5. The van der Waals surface area contributed by atoms with Gasteiger partial charge in [0.05, 0.1) is 6.10 Å². The molecule has 0 saturated heterocycles. The molecule has 0 N–H and O–H groups in total. The van der Waals surface area contributed by atoms with Crippen molar-refractivity contribution in [1.82, 2.24) is 0 Å². The second-order valence-corrected chi connectivity index (χ2v) is 3.88. The molecule has 0 aromatic rings. The molecule has 1 atom stereocenters. The fourth-order valence-electron chi connectivity index (χ4n) is 0.573. The van der Waals surface area contributed by atoms with Crippen LogP contribution in [0.1, 0.15) is 34.6 Å². The highest BCUT2D eigenvalue weighted by Crippen LogP contribution is 2.06. The van der Waals surface area contributed by atoms with Crippen molar-refractivity contribution in [3.8, 4) is 0 Å². The maximum absolute atomic E-state index is 11.1. The first-order chi connectivity index (χ1) is 5.45. The Kier molecular flexibility index (Phi) is 5.14. The van der Waals surface area contributed by atoms with E-state index in [0.717, 1.165) is 0 Å². The van der Waals surface area contributed by atoms with Crippen LogP contribution in [0.3, 0.4) is 0 Å². The van der Waals surface area contributed by atoms with Crippen LogP contribution in [0.5, 0.6) is 0 Å². The molecule has 0 radical (unpaired) electrons. The van der Waals surface area contributed by atoms with Gasteiger partial charge in [0.1, 0.15) is 6.61 Å². The van der Waals surface area contributed by atoms with Gasteiger partial charge in [0.15, 0.2) is 5.78 Å². The normalized spacial score (nSPS) is 13.9. The molecule has 0 unspecified atom stereocenters. The zero-order chi connectivity index (χ0) is 9.72. The summed E-state index contributed by atoms with van der Waals surface area (Å²) < 4.78 is 5.38. The number of ether oxygens (including phenoxy) is 1. The van der Waals surface area contributed by atoms with E-state index in [2.05, 4.69) is 13.8 Å². The fourth-order valence-corrected chi connectivity index (χ4v) is 0.573. The van der Waals surface area contributed by atoms with Crippen LogP contribution in [0, 0.1) is 11.8 Å². The van der Waals surface area contributed by atoms with Gasteiger partial charge < -0.3 is 4.74 Å². The maximum Gasteiger partial charge on any atom is 0.160 e. The highest BCUT2D eigenvalue weighted by molar-refractivity contribution is 5.81. The zero-order valence-electron chi connectivity index (χ0n) is 8.76. The molecular weight excluding hydrogens is 152 g/mol. The molecule has 0 aliphatic rings. The van der Waals surface area contributed by atoms with Crippen LogP contribution < -0.4 is 0 Å². The lowest BCUT2D eigenvalue weighted by Gasteiger charge is -2.16. The number of hydrogen-bond acceptors (Lipinski definition) is 2. The van der Waals surface area contributed by atoms with E-state index in [1.54, 1.807) is 0 Å². The Hall–Kier alpha value is -0.370. The molecule has 0 rings (SSSR count). The number of ketones is 1. The quantitative estimate of drug-likeness (QED) is 0.636. The van der Waals surface area contributed by atoms with Gasteiger partial charge in [-0.2, -0.15) is 0 Å². The summed E-state index contributed by atoms with van der Waals surface area (Å²) in [5.74, 6) is 0.747. The van der Waals surface area contributed by atoms with Gasteiger partial charge in [-0.1, -0.05) is 27.7 Å². The van der Waals surface area contributed by atoms with E-state index in [-0.39, 0.29) is 24.4 Å². The van der Waals surface area contributed by atoms with Crippen LogP contribution in [-0.4, -0.2) is 18.5 Å². The van der Waals surface area contributed by atoms with Crippen molar-refractivity contribution in [2.75, 3.05) is 6.61 Å². The summed E-state index contributed by atoms with van der Waals surface area (Å²) in [4.78, 5) is 11.1. The summed E-state index contributed by atoms with van der Waals surface area (Å²) in [5.41, 5.74) is 0. The summed E-state index contributed by atoms with van der Waals surface area (Å²) in [6.07, 6.45) is 0.174. The first-order valence-corrected chi connectivity index (χ1v) is 4.59. The van der Waals surface area contributed by atoms with Gasteiger partial charge in [-0.05, 0) is 12.8 Å². The molecule has 0 aliphatic carbocycles. The average molecular weight is 172 g/mol. The van der Waals surface area contributed by atoms with E-state index in [1.807, 2.05) is 20.8 Å². The third-order valence-electron chi connectivity index (χ3n) is 2.07. The molecule has 2 heteroatoms.